The van der Waals surface area contributed by atoms with Crippen molar-refractivity contribution in [3.05, 3.63) is 63.0 Å². The number of thiazole rings is 1. The van der Waals surface area contributed by atoms with Gasteiger partial charge < -0.3 is 5.32 Å². The second-order valence-electron chi connectivity index (χ2n) is 8.17. The van der Waals surface area contributed by atoms with Crippen LogP contribution >= 0.6 is 11.3 Å². The predicted octanol–water partition coefficient (Wildman–Crippen LogP) is 2.59. The minimum Gasteiger partial charge on any atom is -0.350 e. The lowest BCUT2D eigenvalue weighted by molar-refractivity contribution is 0.0951. The number of amides is 1. The van der Waals surface area contributed by atoms with Crippen molar-refractivity contribution in [2.45, 2.75) is 44.6 Å². The Morgan fingerprint density at radius 3 is 2.41 bits per heavy atom. The molecule has 1 N–H and O–H groups in total. The van der Waals surface area contributed by atoms with Crippen molar-refractivity contribution in [1.29, 1.82) is 0 Å². The van der Waals surface area contributed by atoms with Crippen molar-refractivity contribution in [3.8, 4) is 10.6 Å². The van der Waals surface area contributed by atoms with Gasteiger partial charge in [-0.3, -0.25) is 9.59 Å². The normalized spacial score (nSPS) is 14.8. The fourth-order valence-electron chi connectivity index (χ4n) is 3.91. The van der Waals surface area contributed by atoms with Gasteiger partial charge in [0.25, 0.3) is 11.5 Å². The highest BCUT2D eigenvalue weighted by Crippen LogP contribution is 2.27. The first-order valence-electron chi connectivity index (χ1n) is 11.2. The number of rotatable bonds is 7. The van der Waals surface area contributed by atoms with Crippen molar-refractivity contribution in [2.75, 3.05) is 19.6 Å². The summed E-state index contributed by atoms with van der Waals surface area (Å²) in [5, 5.41) is 8.11. The van der Waals surface area contributed by atoms with Crippen LogP contribution in [0.2, 0.25) is 0 Å². The van der Waals surface area contributed by atoms with E-state index in [0.29, 0.717) is 24.3 Å². The van der Waals surface area contributed by atoms with E-state index in [9.17, 15) is 18.0 Å². The highest BCUT2D eigenvalue weighted by Gasteiger charge is 2.25. The molecule has 11 heteroatoms. The average molecular weight is 502 g/mol. The summed E-state index contributed by atoms with van der Waals surface area (Å²) in [6.07, 6.45) is 2.77. The Kier molecular flexibility index (Phi) is 7.24. The molecule has 9 nitrogen and oxygen atoms in total. The fraction of sp³-hybridized carbons (Fsp3) is 0.391. The summed E-state index contributed by atoms with van der Waals surface area (Å²) in [7, 11) is -3.54. The van der Waals surface area contributed by atoms with Gasteiger partial charge in [0, 0.05) is 31.3 Å². The molecule has 0 atom stereocenters. The molecule has 180 valence electrons. The molecule has 1 aromatic carbocycles. The molecule has 1 aliphatic heterocycles. The standard InChI is InChI=1S/C23H27N5O4S2/c1-16-22(33-17(2)25-16)20-10-11-21(29)28(26-20)15-12-24-23(30)18-6-8-19(9-7-18)34(31,32)27-13-4-3-5-14-27/h6-11H,3-5,12-15H2,1-2H3,(H,24,30). The Balaban J connectivity index is 1.38. The number of carbonyl (C=O) groups excluding carboxylic acids is 1. The van der Waals surface area contributed by atoms with E-state index in [1.165, 1.54) is 50.7 Å². The van der Waals surface area contributed by atoms with Gasteiger partial charge in [0.1, 0.15) is 5.69 Å². The van der Waals surface area contributed by atoms with Crippen LogP contribution in [-0.2, 0) is 16.6 Å². The SMILES string of the molecule is Cc1nc(C)c(-c2ccc(=O)n(CCNC(=O)c3ccc(S(=O)(=O)N4CCCCC4)cc3)n2)s1. The van der Waals surface area contributed by atoms with Crippen LogP contribution in [0.25, 0.3) is 10.6 Å². The number of sulfonamides is 1. The predicted molar refractivity (Wildman–Crippen MR) is 130 cm³/mol. The molecule has 34 heavy (non-hydrogen) atoms. The molecule has 0 aliphatic carbocycles. The van der Waals surface area contributed by atoms with Crippen LogP contribution in [0.4, 0.5) is 0 Å². The Morgan fingerprint density at radius 1 is 1.06 bits per heavy atom. The molecular weight excluding hydrogens is 474 g/mol. The van der Waals surface area contributed by atoms with Crippen molar-refractivity contribution < 1.29 is 13.2 Å². The van der Waals surface area contributed by atoms with Gasteiger partial charge in [-0.2, -0.15) is 9.40 Å². The van der Waals surface area contributed by atoms with Crippen molar-refractivity contribution in [3.63, 3.8) is 0 Å². The molecule has 0 radical (unpaired) electrons. The zero-order chi connectivity index (χ0) is 24.3. The number of hydrogen-bond acceptors (Lipinski definition) is 7. The van der Waals surface area contributed by atoms with Gasteiger partial charge in [0.2, 0.25) is 10.0 Å². The average Bonchev–Trinajstić information content (AvgIpc) is 3.18. The van der Waals surface area contributed by atoms with Crippen molar-refractivity contribution in [1.82, 2.24) is 24.4 Å². The van der Waals surface area contributed by atoms with Crippen LogP contribution < -0.4 is 10.9 Å². The van der Waals surface area contributed by atoms with Gasteiger partial charge in [0.15, 0.2) is 0 Å². The number of hydrogen-bond donors (Lipinski definition) is 1. The minimum absolute atomic E-state index is 0.187. The van der Waals surface area contributed by atoms with Gasteiger partial charge in [-0.25, -0.2) is 18.1 Å². The second-order valence-corrected chi connectivity index (χ2v) is 11.3. The molecule has 1 aliphatic rings. The van der Waals surface area contributed by atoms with Gasteiger partial charge in [0.05, 0.1) is 27.0 Å². The summed E-state index contributed by atoms with van der Waals surface area (Å²) in [5.74, 6) is -0.347. The summed E-state index contributed by atoms with van der Waals surface area (Å²) in [4.78, 5) is 30.2. The van der Waals surface area contributed by atoms with E-state index in [1.54, 1.807) is 6.07 Å². The maximum atomic E-state index is 12.8. The first-order chi connectivity index (χ1) is 16.3. The molecule has 3 aromatic rings. The van der Waals surface area contributed by atoms with Gasteiger partial charge in [-0.15, -0.1) is 11.3 Å². The molecule has 1 fully saturated rings. The van der Waals surface area contributed by atoms with Crippen molar-refractivity contribution in [2.24, 2.45) is 0 Å². The summed E-state index contributed by atoms with van der Waals surface area (Å²) in [6.45, 7) is 5.28. The third kappa shape index (κ3) is 5.26. The second kappa shape index (κ2) is 10.2. The molecule has 4 rings (SSSR count). The zero-order valence-electron chi connectivity index (χ0n) is 19.2. The Labute approximate surface area is 202 Å². The number of aromatic nitrogens is 3. The monoisotopic (exact) mass is 501 g/mol. The Bertz CT molecular complexity index is 1340. The zero-order valence-corrected chi connectivity index (χ0v) is 20.8. The van der Waals surface area contributed by atoms with Crippen molar-refractivity contribution >= 4 is 27.3 Å². The van der Waals surface area contributed by atoms with E-state index < -0.39 is 10.0 Å². The van der Waals surface area contributed by atoms with Crippen LogP contribution in [0.15, 0.2) is 46.1 Å². The van der Waals surface area contributed by atoms with E-state index in [2.05, 4.69) is 15.4 Å². The molecule has 3 heterocycles. The summed E-state index contributed by atoms with van der Waals surface area (Å²) < 4.78 is 28.3. The van der Waals surface area contributed by atoms with Crippen LogP contribution in [0.3, 0.4) is 0 Å². The minimum atomic E-state index is -3.54. The fourth-order valence-corrected chi connectivity index (χ4v) is 6.31. The number of piperidine rings is 1. The molecule has 0 spiro atoms. The Morgan fingerprint density at radius 2 is 1.76 bits per heavy atom. The molecular formula is C23H27N5O4S2. The number of benzene rings is 1. The number of nitrogens with zero attached hydrogens (tertiary/aromatic N) is 4. The summed E-state index contributed by atoms with van der Waals surface area (Å²) >= 11 is 1.52. The summed E-state index contributed by atoms with van der Waals surface area (Å²) in [5.41, 5.74) is 1.62. The molecule has 1 amide bonds. The lowest BCUT2D eigenvalue weighted by Gasteiger charge is -2.25. The van der Waals surface area contributed by atoms with Crippen LogP contribution in [0, 0.1) is 13.8 Å². The molecule has 0 unspecified atom stereocenters. The first-order valence-corrected chi connectivity index (χ1v) is 13.4. The molecule has 0 bridgehead atoms. The molecule has 2 aromatic heterocycles. The van der Waals surface area contributed by atoms with Gasteiger partial charge >= 0.3 is 0 Å². The third-order valence-electron chi connectivity index (χ3n) is 5.68. The maximum Gasteiger partial charge on any atom is 0.266 e. The highest BCUT2D eigenvalue weighted by molar-refractivity contribution is 7.89. The topological polar surface area (TPSA) is 114 Å². The lowest BCUT2D eigenvalue weighted by Crippen LogP contribution is -2.35. The first kappa shape index (κ1) is 24.2. The van der Waals surface area contributed by atoms with E-state index in [4.69, 9.17) is 0 Å². The maximum absolute atomic E-state index is 12.8. The largest absolute Gasteiger partial charge is 0.350 e. The van der Waals surface area contributed by atoms with E-state index >= 15 is 0 Å². The van der Waals surface area contributed by atoms with Crippen LogP contribution in [-0.4, -0.2) is 53.0 Å². The lowest BCUT2D eigenvalue weighted by atomic mass is 10.2. The molecule has 1 saturated heterocycles. The van der Waals surface area contributed by atoms with Crippen LogP contribution in [0.1, 0.15) is 40.3 Å². The highest BCUT2D eigenvalue weighted by atomic mass is 32.2. The van der Waals surface area contributed by atoms with Gasteiger partial charge in [-0.05, 0) is 57.0 Å². The number of carbonyl (C=O) groups is 1. The summed E-state index contributed by atoms with van der Waals surface area (Å²) in [6, 6.07) is 9.08. The third-order valence-corrected chi connectivity index (χ3v) is 8.69. The molecule has 0 saturated carbocycles. The number of nitrogens with one attached hydrogen (secondary N) is 1. The van der Waals surface area contributed by atoms with E-state index in [-0.39, 0.29) is 29.5 Å². The van der Waals surface area contributed by atoms with E-state index in [1.807, 2.05) is 13.8 Å². The number of aryl methyl sites for hydroxylation is 2. The quantitative estimate of drug-likeness (QED) is 0.532. The van der Waals surface area contributed by atoms with Gasteiger partial charge in [-0.1, -0.05) is 6.42 Å². The van der Waals surface area contributed by atoms with E-state index in [0.717, 1.165) is 34.8 Å². The van der Waals surface area contributed by atoms with Crippen LogP contribution in [0.5, 0.6) is 0 Å². The Hall–Kier alpha value is -2.89. The smallest absolute Gasteiger partial charge is 0.266 e.